The molecule has 0 aliphatic heterocycles. The first-order valence-electron chi connectivity index (χ1n) is 17.2. The number of rotatable bonds is 7. The molecule has 0 unspecified atom stereocenters. The van der Waals surface area contributed by atoms with Crippen LogP contribution in [0.15, 0.2) is 176 Å². The van der Waals surface area contributed by atoms with Crippen molar-refractivity contribution in [1.29, 1.82) is 5.26 Å². The number of aromatic nitrogens is 6. The lowest BCUT2D eigenvalue weighted by Crippen LogP contribution is -1.99. The van der Waals surface area contributed by atoms with Crippen LogP contribution in [0.1, 0.15) is 5.56 Å². The summed E-state index contributed by atoms with van der Waals surface area (Å²) in [7, 11) is 0. The highest BCUT2D eigenvalue weighted by molar-refractivity contribution is 5.86. The Morgan fingerprint density at radius 2 is 1.06 bits per heavy atom. The van der Waals surface area contributed by atoms with Gasteiger partial charge in [0.15, 0.2) is 5.82 Å². The van der Waals surface area contributed by atoms with E-state index < -0.39 is 0 Å². The number of hydrogen-bond acceptors (Lipinski definition) is 6. The zero-order valence-corrected chi connectivity index (χ0v) is 28.4. The van der Waals surface area contributed by atoms with E-state index in [0.717, 1.165) is 78.4 Å². The van der Waals surface area contributed by atoms with Crippen molar-refractivity contribution in [2.75, 3.05) is 0 Å². The Kier molecular flexibility index (Phi) is 8.08. The summed E-state index contributed by atoms with van der Waals surface area (Å²) in [5.41, 5.74) is 12.7. The van der Waals surface area contributed by atoms with Gasteiger partial charge in [-0.15, -0.1) is 0 Å². The van der Waals surface area contributed by atoms with Crippen LogP contribution in [0.25, 0.3) is 84.3 Å². The SMILES string of the molecule is N#Cc1ccc(-c2nc(-c3ccc(-c4cccnc4)cc3)cc(-c3cc(-c4cccnc4)cc(-c4nc5ccccc5n4-c4ccccc4)c3)n2)cc1. The van der Waals surface area contributed by atoms with Crippen LogP contribution in [0.3, 0.4) is 0 Å². The van der Waals surface area contributed by atoms with Crippen molar-refractivity contribution in [3.05, 3.63) is 182 Å². The van der Waals surface area contributed by atoms with Gasteiger partial charge in [0.2, 0.25) is 0 Å². The van der Waals surface area contributed by atoms with Crippen LogP contribution in [-0.4, -0.2) is 29.5 Å². The predicted octanol–water partition coefficient (Wildman–Crippen LogP) is 10.5. The van der Waals surface area contributed by atoms with Gasteiger partial charge < -0.3 is 0 Å². The Hall–Kier alpha value is -7.56. The molecule has 0 aliphatic rings. The average molecular weight is 680 g/mol. The van der Waals surface area contributed by atoms with E-state index >= 15 is 0 Å². The third-order valence-electron chi connectivity index (χ3n) is 9.23. The number of nitrogens with zero attached hydrogens (tertiary/aromatic N) is 7. The molecule has 4 heterocycles. The number of pyridine rings is 2. The number of nitriles is 1. The second-order valence-electron chi connectivity index (χ2n) is 12.6. The van der Waals surface area contributed by atoms with Gasteiger partial charge in [0.25, 0.3) is 0 Å². The monoisotopic (exact) mass is 679 g/mol. The Morgan fingerprint density at radius 1 is 0.453 bits per heavy atom. The van der Waals surface area contributed by atoms with Crippen molar-refractivity contribution < 1.29 is 0 Å². The van der Waals surface area contributed by atoms with Gasteiger partial charge in [-0.05, 0) is 102 Å². The second kappa shape index (κ2) is 13.6. The van der Waals surface area contributed by atoms with Crippen LogP contribution in [0, 0.1) is 11.3 Å². The first kappa shape index (κ1) is 31.4. The molecule has 248 valence electrons. The molecule has 9 aromatic rings. The Bertz CT molecular complexity index is 2750. The standard InChI is InChI=1S/C46H29N7/c47-28-31-14-16-34(17-15-31)45-50-42(33-20-18-32(19-21-33)35-8-6-22-48-29-35)27-43(51-45)38-24-37(36-9-7-23-49-30-36)25-39(26-38)46-52-41-12-4-5-13-44(41)53(46)40-10-2-1-3-11-40/h1-27,29-30H. The topological polar surface area (TPSA) is 93.2 Å². The number of hydrogen-bond donors (Lipinski definition) is 0. The maximum atomic E-state index is 9.47. The van der Waals surface area contributed by atoms with E-state index in [4.69, 9.17) is 15.0 Å². The summed E-state index contributed by atoms with van der Waals surface area (Å²) in [6, 6.07) is 52.9. The van der Waals surface area contributed by atoms with Crippen molar-refractivity contribution in [3.8, 4) is 79.3 Å². The quantitative estimate of drug-likeness (QED) is 0.166. The highest BCUT2D eigenvalue weighted by Gasteiger charge is 2.18. The van der Waals surface area contributed by atoms with Gasteiger partial charge in [0, 0.05) is 58.3 Å². The fraction of sp³-hybridized carbons (Fsp3) is 0. The summed E-state index contributed by atoms with van der Waals surface area (Å²) in [4.78, 5) is 24.2. The molecule has 0 fully saturated rings. The second-order valence-corrected chi connectivity index (χ2v) is 12.6. The molecule has 5 aromatic carbocycles. The maximum Gasteiger partial charge on any atom is 0.160 e. The predicted molar refractivity (Wildman–Crippen MR) is 210 cm³/mol. The van der Waals surface area contributed by atoms with Crippen molar-refractivity contribution >= 4 is 11.0 Å². The molecule has 0 saturated heterocycles. The van der Waals surface area contributed by atoms with E-state index in [1.165, 1.54) is 0 Å². The van der Waals surface area contributed by atoms with E-state index in [9.17, 15) is 5.26 Å². The molecule has 0 bridgehead atoms. The number of fused-ring (bicyclic) bond motifs is 1. The minimum Gasteiger partial charge on any atom is -0.292 e. The summed E-state index contributed by atoms with van der Waals surface area (Å²) in [6.07, 6.45) is 7.29. The van der Waals surface area contributed by atoms with Crippen molar-refractivity contribution in [2.45, 2.75) is 0 Å². The van der Waals surface area contributed by atoms with E-state index in [2.05, 4.69) is 87.3 Å². The van der Waals surface area contributed by atoms with Crippen LogP contribution < -0.4 is 0 Å². The summed E-state index contributed by atoms with van der Waals surface area (Å²) in [5.74, 6) is 1.38. The molecule has 9 rings (SSSR count). The van der Waals surface area contributed by atoms with Gasteiger partial charge in [0.05, 0.1) is 34.1 Å². The molecule has 0 radical (unpaired) electrons. The maximum absolute atomic E-state index is 9.47. The molecule has 0 N–H and O–H groups in total. The van der Waals surface area contributed by atoms with E-state index in [-0.39, 0.29) is 0 Å². The smallest absolute Gasteiger partial charge is 0.160 e. The van der Waals surface area contributed by atoms with Gasteiger partial charge in [-0.25, -0.2) is 15.0 Å². The number of benzene rings is 5. The Balaban J connectivity index is 1.26. The summed E-state index contributed by atoms with van der Waals surface area (Å²) in [5, 5.41) is 9.47. The van der Waals surface area contributed by atoms with Gasteiger partial charge >= 0.3 is 0 Å². The van der Waals surface area contributed by atoms with Gasteiger partial charge in [-0.2, -0.15) is 5.26 Å². The summed E-state index contributed by atoms with van der Waals surface area (Å²) < 4.78 is 2.21. The van der Waals surface area contributed by atoms with Crippen LogP contribution in [0.4, 0.5) is 0 Å². The van der Waals surface area contributed by atoms with Crippen molar-refractivity contribution in [1.82, 2.24) is 29.5 Å². The molecule has 0 saturated carbocycles. The molecule has 0 atom stereocenters. The first-order valence-corrected chi connectivity index (χ1v) is 17.2. The lowest BCUT2D eigenvalue weighted by molar-refractivity contribution is 1.10. The largest absolute Gasteiger partial charge is 0.292 e. The van der Waals surface area contributed by atoms with E-state index in [1.54, 1.807) is 24.5 Å². The van der Waals surface area contributed by atoms with Gasteiger partial charge in [-0.3, -0.25) is 14.5 Å². The number of para-hydroxylation sites is 3. The minimum atomic E-state index is 0.559. The van der Waals surface area contributed by atoms with Crippen LogP contribution in [0.2, 0.25) is 0 Å². The van der Waals surface area contributed by atoms with E-state index in [0.29, 0.717) is 11.4 Å². The lowest BCUT2D eigenvalue weighted by Gasteiger charge is -2.14. The van der Waals surface area contributed by atoms with Crippen LogP contribution in [-0.2, 0) is 0 Å². The lowest BCUT2D eigenvalue weighted by atomic mass is 9.97. The molecule has 53 heavy (non-hydrogen) atoms. The molecular weight excluding hydrogens is 651 g/mol. The van der Waals surface area contributed by atoms with Crippen molar-refractivity contribution in [3.63, 3.8) is 0 Å². The summed E-state index contributed by atoms with van der Waals surface area (Å²) >= 11 is 0. The molecule has 4 aromatic heterocycles. The third-order valence-corrected chi connectivity index (χ3v) is 9.23. The Morgan fingerprint density at radius 3 is 1.75 bits per heavy atom. The molecular formula is C46H29N7. The highest BCUT2D eigenvalue weighted by Crippen LogP contribution is 2.36. The molecule has 7 heteroatoms. The number of imidazole rings is 1. The van der Waals surface area contributed by atoms with Crippen LogP contribution >= 0.6 is 0 Å². The molecule has 7 nitrogen and oxygen atoms in total. The van der Waals surface area contributed by atoms with Crippen LogP contribution in [0.5, 0.6) is 0 Å². The van der Waals surface area contributed by atoms with Gasteiger partial charge in [0.1, 0.15) is 5.82 Å². The average Bonchev–Trinajstić information content (AvgIpc) is 3.64. The van der Waals surface area contributed by atoms with E-state index in [1.807, 2.05) is 85.2 Å². The fourth-order valence-corrected chi connectivity index (χ4v) is 6.60. The third kappa shape index (κ3) is 6.22. The molecule has 0 amide bonds. The van der Waals surface area contributed by atoms with Gasteiger partial charge in [-0.1, -0.05) is 66.7 Å². The zero-order valence-electron chi connectivity index (χ0n) is 28.4. The summed E-state index contributed by atoms with van der Waals surface area (Å²) in [6.45, 7) is 0. The Labute approximate surface area is 306 Å². The first-order chi connectivity index (χ1) is 26.2. The molecule has 0 spiro atoms. The zero-order chi connectivity index (χ0) is 35.6. The normalized spacial score (nSPS) is 11.0. The highest BCUT2D eigenvalue weighted by atomic mass is 15.1. The van der Waals surface area contributed by atoms with Crippen molar-refractivity contribution in [2.24, 2.45) is 0 Å². The minimum absolute atomic E-state index is 0.559. The molecule has 0 aliphatic carbocycles. The fourth-order valence-electron chi connectivity index (χ4n) is 6.60.